The van der Waals surface area contributed by atoms with Crippen LogP contribution in [0.3, 0.4) is 0 Å². The van der Waals surface area contributed by atoms with Gasteiger partial charge in [0.25, 0.3) is 5.91 Å². The van der Waals surface area contributed by atoms with Crippen LogP contribution < -0.4 is 10.6 Å². The average Bonchev–Trinajstić information content (AvgIpc) is 2.53. The van der Waals surface area contributed by atoms with E-state index in [1.807, 2.05) is 19.9 Å². The minimum absolute atomic E-state index is 0.185. The van der Waals surface area contributed by atoms with Crippen LogP contribution in [0.15, 0.2) is 42.5 Å². The summed E-state index contributed by atoms with van der Waals surface area (Å²) >= 11 is 5.15. The van der Waals surface area contributed by atoms with Gasteiger partial charge in [-0.25, -0.2) is 4.79 Å². The smallest absolute Gasteiger partial charge is 0.337 e. The molecule has 0 heterocycles. The van der Waals surface area contributed by atoms with E-state index in [0.717, 1.165) is 11.1 Å². The molecule has 2 aromatic carbocycles. The molecule has 0 aliphatic rings. The summed E-state index contributed by atoms with van der Waals surface area (Å²) in [6, 6.07) is 12.2. The van der Waals surface area contributed by atoms with Gasteiger partial charge in [0.1, 0.15) is 0 Å². The third kappa shape index (κ3) is 4.63. The molecular formula is C18H18N2O3S. The number of esters is 1. The maximum Gasteiger partial charge on any atom is 0.337 e. The molecule has 2 aromatic rings. The number of methoxy groups -OCH3 is 1. The van der Waals surface area contributed by atoms with Gasteiger partial charge >= 0.3 is 5.97 Å². The van der Waals surface area contributed by atoms with Crippen LogP contribution >= 0.6 is 12.2 Å². The fraction of sp³-hybridized carbons (Fsp3) is 0.167. The van der Waals surface area contributed by atoms with E-state index in [1.54, 1.807) is 36.4 Å². The number of thiocarbonyl (C=S) groups is 1. The van der Waals surface area contributed by atoms with Crippen molar-refractivity contribution >= 4 is 34.9 Å². The van der Waals surface area contributed by atoms with Gasteiger partial charge in [0, 0.05) is 11.3 Å². The predicted molar refractivity (Wildman–Crippen MR) is 97.4 cm³/mol. The lowest BCUT2D eigenvalue weighted by Gasteiger charge is -2.11. The van der Waals surface area contributed by atoms with Crippen LogP contribution in [0.25, 0.3) is 0 Å². The fourth-order valence-electron chi connectivity index (χ4n) is 2.25. The Bertz CT molecular complexity index is 765. The zero-order valence-corrected chi connectivity index (χ0v) is 14.5. The van der Waals surface area contributed by atoms with Gasteiger partial charge in [-0.05, 0) is 62.5 Å². The quantitative estimate of drug-likeness (QED) is 0.662. The van der Waals surface area contributed by atoms with Crippen LogP contribution in [0, 0.1) is 13.8 Å². The Labute approximate surface area is 146 Å². The Morgan fingerprint density at radius 2 is 1.54 bits per heavy atom. The largest absolute Gasteiger partial charge is 0.465 e. The lowest BCUT2D eigenvalue weighted by molar-refractivity contribution is 0.0600. The highest BCUT2D eigenvalue weighted by Gasteiger charge is 2.10. The summed E-state index contributed by atoms with van der Waals surface area (Å²) in [6.45, 7) is 3.87. The number of carbonyl (C=O) groups excluding carboxylic acids is 2. The number of nitrogens with one attached hydrogen (secondary N) is 2. The van der Waals surface area contributed by atoms with Crippen LogP contribution in [0.4, 0.5) is 5.69 Å². The van der Waals surface area contributed by atoms with Crippen LogP contribution in [0.1, 0.15) is 31.8 Å². The first kappa shape index (κ1) is 17.6. The van der Waals surface area contributed by atoms with Crippen molar-refractivity contribution in [3.63, 3.8) is 0 Å². The SMILES string of the molecule is COC(=O)c1ccc(NC(=S)NC(=O)c2cc(C)cc(C)c2)cc1. The second kappa shape index (κ2) is 7.70. The first-order chi connectivity index (χ1) is 11.4. The van der Waals surface area contributed by atoms with Gasteiger partial charge in [-0.2, -0.15) is 0 Å². The molecule has 0 unspecified atom stereocenters. The van der Waals surface area contributed by atoms with Crippen molar-refractivity contribution < 1.29 is 14.3 Å². The molecule has 1 amide bonds. The normalized spacial score (nSPS) is 9.96. The molecule has 0 aliphatic heterocycles. The second-order valence-corrected chi connectivity index (χ2v) is 5.76. The lowest BCUT2D eigenvalue weighted by atomic mass is 10.1. The number of anilines is 1. The number of amides is 1. The molecule has 5 nitrogen and oxygen atoms in total. The van der Waals surface area contributed by atoms with Gasteiger partial charge in [0.15, 0.2) is 5.11 Å². The van der Waals surface area contributed by atoms with Crippen molar-refractivity contribution in [2.45, 2.75) is 13.8 Å². The Kier molecular flexibility index (Phi) is 5.65. The highest BCUT2D eigenvalue weighted by Crippen LogP contribution is 2.11. The minimum Gasteiger partial charge on any atom is -0.465 e. The molecule has 0 radical (unpaired) electrons. The predicted octanol–water partition coefficient (Wildman–Crippen LogP) is 3.22. The van der Waals surface area contributed by atoms with Crippen LogP contribution in [0.2, 0.25) is 0 Å². The maximum absolute atomic E-state index is 12.2. The lowest BCUT2D eigenvalue weighted by Crippen LogP contribution is -2.34. The van der Waals surface area contributed by atoms with Crippen LogP contribution in [-0.4, -0.2) is 24.1 Å². The van der Waals surface area contributed by atoms with Gasteiger partial charge in [-0.3, -0.25) is 10.1 Å². The monoisotopic (exact) mass is 342 g/mol. The van der Waals surface area contributed by atoms with Crippen LogP contribution in [-0.2, 0) is 4.74 Å². The third-order valence-electron chi connectivity index (χ3n) is 3.27. The minimum atomic E-state index is -0.410. The van der Waals surface area contributed by atoms with Gasteiger partial charge < -0.3 is 10.1 Å². The summed E-state index contributed by atoms with van der Waals surface area (Å²) in [5.41, 5.74) is 3.68. The Balaban J connectivity index is 2.00. The number of hydrogen-bond acceptors (Lipinski definition) is 4. The number of rotatable bonds is 3. The van der Waals surface area contributed by atoms with Crippen molar-refractivity contribution in [1.82, 2.24) is 5.32 Å². The highest BCUT2D eigenvalue weighted by atomic mass is 32.1. The van der Waals surface area contributed by atoms with E-state index >= 15 is 0 Å². The summed E-state index contributed by atoms with van der Waals surface area (Å²) < 4.78 is 4.64. The van der Waals surface area contributed by atoms with Crippen molar-refractivity contribution in [3.8, 4) is 0 Å². The van der Waals surface area contributed by atoms with E-state index in [2.05, 4.69) is 15.4 Å². The highest BCUT2D eigenvalue weighted by molar-refractivity contribution is 7.80. The Morgan fingerprint density at radius 3 is 2.08 bits per heavy atom. The number of aryl methyl sites for hydroxylation is 2. The van der Waals surface area contributed by atoms with Crippen molar-refractivity contribution in [3.05, 3.63) is 64.7 Å². The third-order valence-corrected chi connectivity index (χ3v) is 3.48. The molecule has 0 fully saturated rings. The summed E-state index contributed by atoms with van der Waals surface area (Å²) in [6.07, 6.45) is 0. The molecule has 0 atom stereocenters. The standard InChI is InChI=1S/C18H18N2O3S/c1-11-8-12(2)10-14(9-11)16(21)20-18(24)19-15-6-4-13(5-7-15)17(22)23-3/h4-10H,1-3H3,(H2,19,20,21,24). The number of benzene rings is 2. The summed E-state index contributed by atoms with van der Waals surface area (Å²) in [5.74, 6) is -0.683. The molecule has 0 aromatic heterocycles. The first-order valence-electron chi connectivity index (χ1n) is 7.28. The number of hydrogen-bond donors (Lipinski definition) is 2. The zero-order valence-electron chi connectivity index (χ0n) is 13.7. The molecule has 0 saturated carbocycles. The number of carbonyl (C=O) groups is 2. The van der Waals surface area contributed by atoms with Gasteiger partial charge in [-0.15, -0.1) is 0 Å². The maximum atomic E-state index is 12.2. The molecule has 2 rings (SSSR count). The molecule has 6 heteroatoms. The molecule has 0 spiro atoms. The first-order valence-corrected chi connectivity index (χ1v) is 7.69. The zero-order chi connectivity index (χ0) is 17.7. The van der Waals surface area contributed by atoms with E-state index in [-0.39, 0.29) is 11.0 Å². The second-order valence-electron chi connectivity index (χ2n) is 5.35. The van der Waals surface area contributed by atoms with E-state index in [1.165, 1.54) is 7.11 Å². The van der Waals surface area contributed by atoms with Crippen LogP contribution in [0.5, 0.6) is 0 Å². The van der Waals surface area contributed by atoms with Gasteiger partial charge in [0.05, 0.1) is 12.7 Å². The molecule has 0 bridgehead atoms. The number of ether oxygens (including phenoxy) is 1. The van der Waals surface area contributed by atoms with E-state index < -0.39 is 5.97 Å². The van der Waals surface area contributed by atoms with E-state index in [4.69, 9.17) is 12.2 Å². The summed E-state index contributed by atoms with van der Waals surface area (Å²) in [5, 5.41) is 5.73. The van der Waals surface area contributed by atoms with Crippen molar-refractivity contribution in [2.24, 2.45) is 0 Å². The Hall–Kier alpha value is -2.73. The Morgan fingerprint density at radius 1 is 0.958 bits per heavy atom. The molecule has 0 saturated heterocycles. The molecular weight excluding hydrogens is 324 g/mol. The van der Waals surface area contributed by atoms with Crippen molar-refractivity contribution in [1.29, 1.82) is 0 Å². The molecule has 24 heavy (non-hydrogen) atoms. The fourth-order valence-corrected chi connectivity index (χ4v) is 2.46. The molecule has 0 aliphatic carbocycles. The average molecular weight is 342 g/mol. The molecule has 2 N–H and O–H groups in total. The van der Waals surface area contributed by atoms with E-state index in [0.29, 0.717) is 16.8 Å². The van der Waals surface area contributed by atoms with Crippen molar-refractivity contribution in [2.75, 3.05) is 12.4 Å². The molecule has 124 valence electrons. The summed E-state index contributed by atoms with van der Waals surface area (Å²) in [4.78, 5) is 23.6. The van der Waals surface area contributed by atoms with E-state index in [9.17, 15) is 9.59 Å². The topological polar surface area (TPSA) is 67.4 Å². The van der Waals surface area contributed by atoms with Gasteiger partial charge in [0.2, 0.25) is 0 Å². The van der Waals surface area contributed by atoms with Gasteiger partial charge in [-0.1, -0.05) is 17.2 Å². The summed E-state index contributed by atoms with van der Waals surface area (Å²) in [7, 11) is 1.33.